The van der Waals surface area contributed by atoms with Gasteiger partial charge in [0.15, 0.2) is 0 Å². The molecule has 0 aliphatic rings. The van der Waals surface area contributed by atoms with Crippen LogP contribution in [0.25, 0.3) is 10.9 Å². The van der Waals surface area contributed by atoms with Crippen LogP contribution in [0.15, 0.2) is 47.1 Å². The summed E-state index contributed by atoms with van der Waals surface area (Å²) in [5, 5.41) is 3.97. The van der Waals surface area contributed by atoms with Gasteiger partial charge >= 0.3 is 0 Å². The van der Waals surface area contributed by atoms with E-state index < -0.39 is 0 Å². The molecule has 0 atom stereocenters. The minimum absolute atomic E-state index is 0.147. The van der Waals surface area contributed by atoms with Crippen molar-refractivity contribution in [2.75, 3.05) is 25.6 Å². The molecule has 0 radical (unpaired) electrons. The fourth-order valence-corrected chi connectivity index (χ4v) is 3.30. The van der Waals surface area contributed by atoms with Gasteiger partial charge in [0.1, 0.15) is 18.8 Å². The first-order valence-corrected chi connectivity index (χ1v) is 9.01. The van der Waals surface area contributed by atoms with Gasteiger partial charge in [0.25, 0.3) is 0 Å². The highest BCUT2D eigenvalue weighted by molar-refractivity contribution is 9.10. The first-order chi connectivity index (χ1) is 12.6. The lowest BCUT2D eigenvalue weighted by Crippen LogP contribution is -2.20. The molecule has 2 aromatic heterocycles. The summed E-state index contributed by atoms with van der Waals surface area (Å²) in [4.78, 5) is 16.8. The van der Waals surface area contributed by atoms with E-state index in [4.69, 9.17) is 9.47 Å². The van der Waals surface area contributed by atoms with Crippen molar-refractivity contribution in [1.29, 1.82) is 0 Å². The average molecular weight is 418 g/mol. The maximum atomic E-state index is 12.6. The zero-order valence-electron chi connectivity index (χ0n) is 14.7. The first-order valence-electron chi connectivity index (χ1n) is 8.21. The van der Waals surface area contributed by atoms with Crippen molar-refractivity contribution < 1.29 is 14.3 Å². The van der Waals surface area contributed by atoms with E-state index in [1.165, 1.54) is 0 Å². The quantitative estimate of drug-likeness (QED) is 0.594. The van der Waals surface area contributed by atoms with Gasteiger partial charge in [-0.3, -0.25) is 4.79 Å². The Morgan fingerprint density at radius 2 is 2.04 bits per heavy atom. The molecular weight excluding hydrogens is 398 g/mol. The molecule has 3 aromatic rings. The number of ether oxygens (including phenoxy) is 2. The van der Waals surface area contributed by atoms with Gasteiger partial charge in [-0.25, -0.2) is 4.98 Å². The van der Waals surface area contributed by atoms with Crippen LogP contribution in [-0.2, 0) is 16.1 Å². The number of para-hydroxylation sites is 1. The molecule has 0 saturated carbocycles. The van der Waals surface area contributed by atoms with Gasteiger partial charge in [-0.05, 0) is 41.1 Å². The fourth-order valence-electron chi connectivity index (χ4n) is 2.75. The number of benzene rings is 1. The summed E-state index contributed by atoms with van der Waals surface area (Å²) in [5.74, 6) is 0.235. The zero-order valence-corrected chi connectivity index (χ0v) is 16.2. The number of anilines is 1. The molecule has 136 valence electrons. The molecule has 0 saturated heterocycles. The number of fused-ring (bicyclic) bond motifs is 1. The highest BCUT2D eigenvalue weighted by Gasteiger charge is 2.15. The molecule has 1 N–H and O–H groups in total. The van der Waals surface area contributed by atoms with Gasteiger partial charge in [-0.1, -0.05) is 18.2 Å². The van der Waals surface area contributed by atoms with Crippen LogP contribution >= 0.6 is 15.9 Å². The second-order valence-electron chi connectivity index (χ2n) is 5.75. The van der Waals surface area contributed by atoms with Crippen molar-refractivity contribution in [1.82, 2.24) is 9.55 Å². The third kappa shape index (κ3) is 3.89. The lowest BCUT2D eigenvalue weighted by molar-refractivity contribution is -0.116. The van der Waals surface area contributed by atoms with E-state index in [0.29, 0.717) is 24.8 Å². The summed E-state index contributed by atoms with van der Waals surface area (Å²) in [7, 11) is 1.60. The lowest BCUT2D eigenvalue weighted by atomic mass is 10.2. The van der Waals surface area contributed by atoms with Crippen molar-refractivity contribution in [3.8, 4) is 5.88 Å². The van der Waals surface area contributed by atoms with Crippen molar-refractivity contribution in [2.24, 2.45) is 0 Å². The Balaban J connectivity index is 1.77. The maximum Gasteiger partial charge on any atom is 0.244 e. The fraction of sp³-hybridized carbons (Fsp3) is 0.263. The van der Waals surface area contributed by atoms with Crippen LogP contribution in [0, 0.1) is 6.92 Å². The lowest BCUT2D eigenvalue weighted by Gasteiger charge is -2.12. The summed E-state index contributed by atoms with van der Waals surface area (Å²) in [6.07, 6.45) is 1.62. The third-order valence-electron chi connectivity index (χ3n) is 4.03. The van der Waals surface area contributed by atoms with Crippen molar-refractivity contribution >= 4 is 38.4 Å². The third-order valence-corrected chi connectivity index (χ3v) is 5.03. The van der Waals surface area contributed by atoms with E-state index in [1.54, 1.807) is 25.4 Å². The Bertz CT molecular complexity index is 924. The second-order valence-corrected chi connectivity index (χ2v) is 6.54. The number of nitrogens with one attached hydrogen (secondary N) is 1. The molecule has 0 aliphatic carbocycles. The number of hydrogen-bond acceptors (Lipinski definition) is 4. The number of pyridine rings is 1. The number of hydrogen-bond donors (Lipinski definition) is 1. The van der Waals surface area contributed by atoms with Gasteiger partial charge < -0.3 is 19.4 Å². The monoisotopic (exact) mass is 417 g/mol. The standard InChI is InChI=1S/C19H20BrN3O3/c1-13-18(20)14-6-3-4-8-16(14)23(13)12-17(24)22-15-7-5-9-21-19(15)26-11-10-25-2/h3-9H,10-12H2,1-2H3,(H,22,24). The number of methoxy groups -OCH3 is 1. The van der Waals surface area contributed by atoms with Crippen LogP contribution in [0.5, 0.6) is 5.88 Å². The second kappa shape index (κ2) is 8.33. The molecule has 0 unspecified atom stereocenters. The van der Waals surface area contributed by atoms with Crippen molar-refractivity contribution in [2.45, 2.75) is 13.5 Å². The molecule has 26 heavy (non-hydrogen) atoms. The average Bonchev–Trinajstić information content (AvgIpc) is 2.89. The summed E-state index contributed by atoms with van der Waals surface area (Å²) >= 11 is 3.61. The Morgan fingerprint density at radius 3 is 2.85 bits per heavy atom. The minimum Gasteiger partial charge on any atom is -0.474 e. The molecule has 0 aliphatic heterocycles. The van der Waals surface area contributed by atoms with Crippen LogP contribution in [0.4, 0.5) is 5.69 Å². The summed E-state index contributed by atoms with van der Waals surface area (Å²) in [6.45, 7) is 3.00. The van der Waals surface area contributed by atoms with E-state index in [9.17, 15) is 4.79 Å². The number of nitrogens with zero attached hydrogens (tertiary/aromatic N) is 2. The van der Waals surface area contributed by atoms with Gasteiger partial charge in [-0.15, -0.1) is 0 Å². The highest BCUT2D eigenvalue weighted by Crippen LogP contribution is 2.30. The van der Waals surface area contributed by atoms with Crippen LogP contribution in [-0.4, -0.2) is 35.8 Å². The molecule has 1 aromatic carbocycles. The molecule has 2 heterocycles. The molecular formula is C19H20BrN3O3. The van der Waals surface area contributed by atoms with E-state index in [2.05, 4.69) is 26.2 Å². The summed E-state index contributed by atoms with van der Waals surface area (Å²) in [5.41, 5.74) is 2.56. The van der Waals surface area contributed by atoms with E-state index in [0.717, 1.165) is 21.1 Å². The molecule has 0 fully saturated rings. The Kier molecular flexibility index (Phi) is 5.90. The van der Waals surface area contributed by atoms with Crippen LogP contribution in [0.2, 0.25) is 0 Å². The largest absolute Gasteiger partial charge is 0.474 e. The van der Waals surface area contributed by atoms with Crippen molar-refractivity contribution in [3.63, 3.8) is 0 Å². The molecule has 1 amide bonds. The molecule has 0 spiro atoms. The molecule has 6 nitrogen and oxygen atoms in total. The van der Waals surface area contributed by atoms with Crippen LogP contribution < -0.4 is 10.1 Å². The molecule has 0 bridgehead atoms. The number of carbonyl (C=O) groups excluding carboxylic acids is 1. The van der Waals surface area contributed by atoms with E-state index >= 15 is 0 Å². The van der Waals surface area contributed by atoms with Crippen LogP contribution in [0.3, 0.4) is 0 Å². The Morgan fingerprint density at radius 1 is 1.23 bits per heavy atom. The Hall–Kier alpha value is -2.38. The number of amides is 1. The predicted molar refractivity (Wildman–Crippen MR) is 105 cm³/mol. The topological polar surface area (TPSA) is 65.4 Å². The predicted octanol–water partition coefficient (Wildman–Crippen LogP) is 3.77. The first kappa shape index (κ1) is 18.4. The van der Waals surface area contributed by atoms with Gasteiger partial charge in [0.05, 0.1) is 6.61 Å². The highest BCUT2D eigenvalue weighted by atomic mass is 79.9. The van der Waals surface area contributed by atoms with E-state index in [-0.39, 0.29) is 12.5 Å². The Labute approximate surface area is 160 Å². The minimum atomic E-state index is -0.147. The number of aromatic nitrogens is 2. The summed E-state index contributed by atoms with van der Waals surface area (Å²) in [6, 6.07) is 11.5. The van der Waals surface area contributed by atoms with Gasteiger partial charge in [0, 0.05) is 34.4 Å². The number of halogens is 1. The smallest absolute Gasteiger partial charge is 0.244 e. The van der Waals surface area contributed by atoms with Gasteiger partial charge in [0.2, 0.25) is 11.8 Å². The van der Waals surface area contributed by atoms with Crippen molar-refractivity contribution in [3.05, 3.63) is 52.8 Å². The molecule has 3 rings (SSSR count). The number of rotatable bonds is 7. The number of carbonyl (C=O) groups is 1. The maximum absolute atomic E-state index is 12.6. The summed E-state index contributed by atoms with van der Waals surface area (Å²) < 4.78 is 13.5. The zero-order chi connectivity index (χ0) is 18.5. The molecule has 7 heteroatoms. The van der Waals surface area contributed by atoms with Crippen LogP contribution in [0.1, 0.15) is 5.69 Å². The SMILES string of the molecule is COCCOc1ncccc1NC(=O)Cn1c(C)c(Br)c2ccccc21. The normalized spacial score (nSPS) is 10.9. The van der Waals surface area contributed by atoms with Gasteiger partial charge in [-0.2, -0.15) is 0 Å². The van der Waals surface area contributed by atoms with E-state index in [1.807, 2.05) is 35.8 Å².